The molecule has 0 bridgehead atoms. The van der Waals surface area contributed by atoms with Crippen molar-refractivity contribution in [2.45, 2.75) is 107 Å². The Hall–Kier alpha value is -4.80. The van der Waals surface area contributed by atoms with Gasteiger partial charge in [0.1, 0.15) is 11.5 Å². The molecule has 0 aliphatic carbocycles. The Balaban J connectivity index is 0.000000171. The Labute approximate surface area is 330 Å². The van der Waals surface area contributed by atoms with Crippen molar-refractivity contribution in [2.75, 3.05) is 19.6 Å². The van der Waals surface area contributed by atoms with Crippen LogP contribution >= 0.6 is 0 Å². The van der Waals surface area contributed by atoms with Gasteiger partial charge in [0.2, 0.25) is 0 Å². The fourth-order valence-electron chi connectivity index (χ4n) is 7.32. The van der Waals surface area contributed by atoms with E-state index in [9.17, 15) is 0 Å². The molecule has 6 heteroatoms. The van der Waals surface area contributed by atoms with Crippen molar-refractivity contribution >= 4 is 5.57 Å². The van der Waals surface area contributed by atoms with Gasteiger partial charge < -0.3 is 29.2 Å². The highest BCUT2D eigenvalue weighted by Gasteiger charge is 2.21. The van der Waals surface area contributed by atoms with Crippen LogP contribution in [0.25, 0.3) is 27.8 Å². The van der Waals surface area contributed by atoms with E-state index in [1.165, 1.54) is 55.7 Å². The largest absolute Gasteiger partial charge is 0.472 e. The van der Waals surface area contributed by atoms with E-state index in [-0.39, 0.29) is 0 Å². The Morgan fingerprint density at radius 1 is 0.691 bits per heavy atom. The molecular formula is C49H63N3O3. The highest BCUT2D eigenvalue weighted by Crippen LogP contribution is 2.34. The number of hydrogen-bond donors (Lipinski definition) is 3. The van der Waals surface area contributed by atoms with E-state index in [2.05, 4.69) is 111 Å². The summed E-state index contributed by atoms with van der Waals surface area (Å²) in [5.74, 6) is 7.33. The molecule has 3 aliphatic rings. The summed E-state index contributed by atoms with van der Waals surface area (Å²) in [5, 5.41) is 10.5. The van der Waals surface area contributed by atoms with Crippen molar-refractivity contribution in [3.8, 4) is 34.1 Å². The SMILES string of the molecule is C/C=C(\C1=C(C)C(C)NCC1)c1ccc(C)o1.CC.CC#CC.CC1NCCc2ccc(-c3ccoc3)cc21.CC1NCCc2cccc(-c3ccoc3)c21. The third-order valence-electron chi connectivity index (χ3n) is 10.4. The minimum Gasteiger partial charge on any atom is -0.472 e. The number of benzene rings is 2. The molecule has 3 aromatic heterocycles. The van der Waals surface area contributed by atoms with E-state index in [1.54, 1.807) is 18.8 Å². The van der Waals surface area contributed by atoms with Gasteiger partial charge in [-0.25, -0.2) is 0 Å². The molecule has 3 unspecified atom stereocenters. The number of nitrogens with one attached hydrogen (secondary N) is 3. The molecule has 0 saturated heterocycles. The monoisotopic (exact) mass is 741 g/mol. The van der Waals surface area contributed by atoms with Crippen LogP contribution in [0, 0.1) is 18.8 Å². The number of aryl methyl sites for hydroxylation is 1. The minimum absolute atomic E-state index is 0.426. The maximum Gasteiger partial charge on any atom is 0.134 e. The summed E-state index contributed by atoms with van der Waals surface area (Å²) in [6.07, 6.45) is 12.5. The van der Waals surface area contributed by atoms with Crippen LogP contribution in [-0.2, 0) is 12.8 Å². The van der Waals surface area contributed by atoms with Gasteiger partial charge in [-0.05, 0) is 164 Å². The predicted octanol–water partition coefficient (Wildman–Crippen LogP) is 12.1. The fraction of sp³-hybridized carbons (Fsp3) is 0.388. The molecule has 0 amide bonds. The Morgan fingerprint density at radius 3 is 1.95 bits per heavy atom. The molecule has 0 fully saturated rings. The first-order valence-electron chi connectivity index (χ1n) is 20.0. The first kappa shape index (κ1) is 42.9. The van der Waals surface area contributed by atoms with E-state index < -0.39 is 0 Å². The average Bonchev–Trinajstić information content (AvgIpc) is 4.03. The van der Waals surface area contributed by atoms with Gasteiger partial charge in [-0.15, -0.1) is 11.8 Å². The quantitative estimate of drug-likeness (QED) is 0.159. The van der Waals surface area contributed by atoms with Crippen LogP contribution < -0.4 is 16.0 Å². The van der Waals surface area contributed by atoms with Gasteiger partial charge in [0, 0.05) is 34.8 Å². The van der Waals surface area contributed by atoms with Crippen LogP contribution in [0.1, 0.15) is 115 Å². The number of hydrogen-bond acceptors (Lipinski definition) is 6. The molecule has 6 nitrogen and oxygen atoms in total. The number of allylic oxidation sites excluding steroid dienone is 2. The third kappa shape index (κ3) is 11.4. The number of furan rings is 3. The second-order valence-electron chi connectivity index (χ2n) is 13.9. The van der Waals surface area contributed by atoms with Crippen LogP contribution in [0.4, 0.5) is 0 Å². The van der Waals surface area contributed by atoms with E-state index in [0.29, 0.717) is 18.1 Å². The highest BCUT2D eigenvalue weighted by molar-refractivity contribution is 5.77. The van der Waals surface area contributed by atoms with Crippen molar-refractivity contribution in [1.29, 1.82) is 0 Å². The Kier molecular flexibility index (Phi) is 17.1. The van der Waals surface area contributed by atoms with Crippen molar-refractivity contribution in [1.82, 2.24) is 16.0 Å². The molecule has 3 N–H and O–H groups in total. The molecule has 0 spiro atoms. The topological polar surface area (TPSA) is 75.5 Å². The summed E-state index contributed by atoms with van der Waals surface area (Å²) in [6.45, 7) is 23.8. The van der Waals surface area contributed by atoms with E-state index in [4.69, 9.17) is 13.3 Å². The summed E-state index contributed by atoms with van der Waals surface area (Å²) in [6, 6.07) is 22.7. The summed E-state index contributed by atoms with van der Waals surface area (Å²) < 4.78 is 16.0. The maximum atomic E-state index is 5.75. The van der Waals surface area contributed by atoms with Gasteiger partial charge in [0.15, 0.2) is 0 Å². The Morgan fingerprint density at radius 2 is 1.33 bits per heavy atom. The van der Waals surface area contributed by atoms with Gasteiger partial charge in [-0.3, -0.25) is 0 Å². The van der Waals surface area contributed by atoms with Crippen LogP contribution in [-0.4, -0.2) is 25.7 Å². The zero-order valence-corrected chi connectivity index (χ0v) is 34.9. The zero-order valence-electron chi connectivity index (χ0n) is 34.9. The molecule has 3 aliphatic heterocycles. The molecule has 0 saturated carbocycles. The van der Waals surface area contributed by atoms with Crippen LogP contribution in [0.15, 0.2) is 116 Å². The molecule has 5 aromatic rings. The number of fused-ring (bicyclic) bond motifs is 2. The van der Waals surface area contributed by atoms with Gasteiger partial charge in [0.25, 0.3) is 0 Å². The lowest BCUT2D eigenvalue weighted by Gasteiger charge is -2.26. The molecule has 6 heterocycles. The molecule has 55 heavy (non-hydrogen) atoms. The second-order valence-corrected chi connectivity index (χ2v) is 13.9. The third-order valence-corrected chi connectivity index (χ3v) is 10.4. The number of rotatable bonds is 4. The normalized spacial score (nSPS) is 18.5. The highest BCUT2D eigenvalue weighted by atomic mass is 16.3. The molecular weight excluding hydrogens is 679 g/mol. The lowest BCUT2D eigenvalue weighted by atomic mass is 9.88. The van der Waals surface area contributed by atoms with Crippen LogP contribution in [0.3, 0.4) is 0 Å². The van der Waals surface area contributed by atoms with Crippen LogP contribution in [0.5, 0.6) is 0 Å². The molecule has 8 rings (SSSR count). The standard InChI is InChI=1S/C15H21NO.2C14H15NO.C4H6.C2H6/c1-5-13(15-7-6-10(2)17-15)14-8-9-16-12(4)11(14)3;1-10-14-8-12(13-5-7-16-9-13)3-2-11(14)4-6-15-10;1-10-14-11(5-7-15-10)3-2-4-13(14)12-6-8-16-9-12;1-3-4-2;1-2/h5-7,12,16H,8-9H2,1-4H3;2-3,5,7-10,15H,4,6H2,1H3;2-4,6,8-10,15H,5,7H2,1H3;1-2H3;1-2H3/b13-5+;;;;. The molecule has 2 aromatic carbocycles. The molecule has 292 valence electrons. The average molecular weight is 742 g/mol. The maximum absolute atomic E-state index is 5.75. The summed E-state index contributed by atoms with van der Waals surface area (Å²) in [4.78, 5) is 0. The van der Waals surface area contributed by atoms with Gasteiger partial charge in [0.05, 0.1) is 25.1 Å². The Bertz CT molecular complexity index is 2010. The molecule has 3 atom stereocenters. The fourth-order valence-corrected chi connectivity index (χ4v) is 7.32. The summed E-state index contributed by atoms with van der Waals surface area (Å²) >= 11 is 0. The van der Waals surface area contributed by atoms with Crippen molar-refractivity contribution in [3.05, 3.63) is 137 Å². The predicted molar refractivity (Wildman–Crippen MR) is 231 cm³/mol. The van der Waals surface area contributed by atoms with Crippen molar-refractivity contribution in [3.63, 3.8) is 0 Å². The lowest BCUT2D eigenvalue weighted by molar-refractivity contribution is 0.518. The van der Waals surface area contributed by atoms with Gasteiger partial charge >= 0.3 is 0 Å². The van der Waals surface area contributed by atoms with E-state index >= 15 is 0 Å². The van der Waals surface area contributed by atoms with Gasteiger partial charge in [-0.2, -0.15) is 0 Å². The van der Waals surface area contributed by atoms with E-state index in [0.717, 1.165) is 56.0 Å². The first-order chi connectivity index (χ1) is 26.7. The van der Waals surface area contributed by atoms with E-state index in [1.807, 2.05) is 59.1 Å². The van der Waals surface area contributed by atoms with Crippen LogP contribution in [0.2, 0.25) is 0 Å². The lowest BCUT2D eigenvalue weighted by Crippen LogP contribution is -2.33. The summed E-state index contributed by atoms with van der Waals surface area (Å²) in [5.41, 5.74) is 14.8. The summed E-state index contributed by atoms with van der Waals surface area (Å²) in [7, 11) is 0. The van der Waals surface area contributed by atoms with Crippen molar-refractivity contribution in [2.24, 2.45) is 0 Å². The first-order valence-corrected chi connectivity index (χ1v) is 20.0. The van der Waals surface area contributed by atoms with Gasteiger partial charge in [-0.1, -0.05) is 55.8 Å². The smallest absolute Gasteiger partial charge is 0.134 e. The molecule has 0 radical (unpaired) electrons. The minimum atomic E-state index is 0.426. The zero-order chi connectivity index (χ0) is 39.7. The second kappa shape index (κ2) is 21.9. The van der Waals surface area contributed by atoms with Crippen molar-refractivity contribution < 1.29 is 13.3 Å².